The van der Waals surface area contributed by atoms with Gasteiger partial charge >= 0.3 is 0 Å². The second-order valence-electron chi connectivity index (χ2n) is 7.06. The molecule has 0 aromatic carbocycles. The molecule has 1 unspecified atom stereocenters. The first-order chi connectivity index (χ1) is 11.1. The van der Waals surface area contributed by atoms with Gasteiger partial charge in [0.2, 0.25) is 0 Å². The van der Waals surface area contributed by atoms with E-state index in [1.54, 1.807) is 0 Å². The summed E-state index contributed by atoms with van der Waals surface area (Å²) in [4.78, 5) is 9.71. The minimum absolute atomic E-state index is 0.107. The van der Waals surface area contributed by atoms with Crippen molar-refractivity contribution in [2.45, 2.75) is 57.7 Å². The Bertz CT molecular complexity index is 360. The largest absolute Gasteiger partial charge is 0.393 e. The van der Waals surface area contributed by atoms with Crippen LogP contribution in [0.5, 0.6) is 0 Å². The van der Waals surface area contributed by atoms with Crippen LogP contribution >= 0.6 is 0 Å². The van der Waals surface area contributed by atoms with Crippen molar-refractivity contribution in [2.24, 2.45) is 4.99 Å². The van der Waals surface area contributed by atoms with E-state index >= 15 is 0 Å². The third-order valence-corrected chi connectivity index (χ3v) is 5.06. The van der Waals surface area contributed by atoms with E-state index in [1.165, 1.54) is 0 Å². The number of nitrogens with zero attached hydrogens (tertiary/aromatic N) is 3. The molecule has 2 rings (SSSR count). The lowest BCUT2D eigenvalue weighted by Crippen LogP contribution is -2.49. The molecule has 1 saturated heterocycles. The molecule has 1 atom stereocenters. The summed E-state index contributed by atoms with van der Waals surface area (Å²) < 4.78 is 0. The number of hydrogen-bond donors (Lipinski definition) is 3. The number of guanidine groups is 1. The van der Waals surface area contributed by atoms with Gasteiger partial charge in [0, 0.05) is 44.8 Å². The standard InChI is InChI=1S/C17H35N5O/c1-4-18-17(20-15-5-7-16(23)8-6-15)19-13-14(2)22-11-9-21(3)10-12-22/h14-16,23H,4-13H2,1-3H3,(H2,18,19,20). The molecule has 2 fully saturated rings. The number of aliphatic imine (C=N–C) groups is 1. The maximum atomic E-state index is 9.62. The molecule has 0 bridgehead atoms. The second-order valence-corrected chi connectivity index (χ2v) is 7.06. The Balaban J connectivity index is 1.80. The van der Waals surface area contributed by atoms with Gasteiger partial charge < -0.3 is 20.6 Å². The quantitative estimate of drug-likeness (QED) is 0.507. The number of rotatable bonds is 5. The van der Waals surface area contributed by atoms with Crippen molar-refractivity contribution in [3.05, 3.63) is 0 Å². The number of aliphatic hydroxyl groups is 1. The Morgan fingerprint density at radius 1 is 1.17 bits per heavy atom. The molecule has 1 heterocycles. The Labute approximate surface area is 141 Å². The fourth-order valence-electron chi connectivity index (χ4n) is 3.34. The summed E-state index contributed by atoms with van der Waals surface area (Å²) in [6.07, 6.45) is 3.74. The van der Waals surface area contributed by atoms with Crippen LogP contribution in [0.25, 0.3) is 0 Å². The summed E-state index contributed by atoms with van der Waals surface area (Å²) in [6, 6.07) is 0.919. The fourth-order valence-corrected chi connectivity index (χ4v) is 3.34. The molecule has 6 heteroatoms. The zero-order valence-corrected chi connectivity index (χ0v) is 15.1. The predicted molar refractivity (Wildman–Crippen MR) is 95.9 cm³/mol. The Kier molecular flexibility index (Phi) is 7.59. The predicted octanol–water partition coefficient (Wildman–Crippen LogP) is 0.481. The van der Waals surface area contributed by atoms with Crippen LogP contribution in [0.4, 0.5) is 0 Å². The Morgan fingerprint density at radius 2 is 1.83 bits per heavy atom. The van der Waals surface area contributed by atoms with Crippen LogP contribution in [-0.2, 0) is 0 Å². The van der Waals surface area contributed by atoms with Crippen molar-refractivity contribution >= 4 is 5.96 Å². The molecule has 6 nitrogen and oxygen atoms in total. The first-order valence-electron chi connectivity index (χ1n) is 9.24. The highest BCUT2D eigenvalue weighted by Crippen LogP contribution is 2.18. The molecule has 1 aliphatic carbocycles. The van der Waals surface area contributed by atoms with E-state index in [0.717, 1.165) is 70.9 Å². The minimum Gasteiger partial charge on any atom is -0.393 e. The van der Waals surface area contributed by atoms with Gasteiger partial charge in [-0.2, -0.15) is 0 Å². The number of hydrogen-bond acceptors (Lipinski definition) is 4. The third-order valence-electron chi connectivity index (χ3n) is 5.06. The molecule has 0 amide bonds. The summed E-state index contributed by atoms with van der Waals surface area (Å²) >= 11 is 0. The van der Waals surface area contributed by atoms with E-state index in [0.29, 0.717) is 12.1 Å². The smallest absolute Gasteiger partial charge is 0.191 e. The molecular formula is C17H35N5O. The summed E-state index contributed by atoms with van der Waals surface area (Å²) in [5.74, 6) is 0.926. The molecule has 1 aliphatic heterocycles. The molecule has 134 valence electrons. The maximum absolute atomic E-state index is 9.62. The molecular weight excluding hydrogens is 290 g/mol. The van der Waals surface area contributed by atoms with Crippen LogP contribution in [-0.4, -0.2) is 85.4 Å². The van der Waals surface area contributed by atoms with Gasteiger partial charge in [-0.15, -0.1) is 0 Å². The SMILES string of the molecule is CCNC(=NCC(C)N1CCN(C)CC1)NC1CCC(O)CC1. The van der Waals surface area contributed by atoms with Gasteiger partial charge in [-0.1, -0.05) is 0 Å². The lowest BCUT2D eigenvalue weighted by atomic mass is 9.93. The highest BCUT2D eigenvalue weighted by molar-refractivity contribution is 5.80. The van der Waals surface area contributed by atoms with Crippen LogP contribution in [0, 0.1) is 0 Å². The molecule has 0 radical (unpaired) electrons. The van der Waals surface area contributed by atoms with Crippen LogP contribution in [0.2, 0.25) is 0 Å². The van der Waals surface area contributed by atoms with Crippen molar-refractivity contribution in [3.8, 4) is 0 Å². The molecule has 2 aliphatic rings. The fraction of sp³-hybridized carbons (Fsp3) is 0.941. The van der Waals surface area contributed by atoms with Gasteiger partial charge in [-0.25, -0.2) is 0 Å². The Hall–Kier alpha value is -0.850. The van der Waals surface area contributed by atoms with E-state index in [4.69, 9.17) is 4.99 Å². The third kappa shape index (κ3) is 6.28. The van der Waals surface area contributed by atoms with Crippen LogP contribution < -0.4 is 10.6 Å². The molecule has 0 aromatic heterocycles. The number of likely N-dealkylation sites (N-methyl/N-ethyl adjacent to an activating group) is 1. The summed E-state index contributed by atoms with van der Waals surface area (Å²) in [5, 5.41) is 16.5. The van der Waals surface area contributed by atoms with E-state index in [2.05, 4.69) is 41.3 Å². The molecule has 1 saturated carbocycles. The molecule has 23 heavy (non-hydrogen) atoms. The van der Waals surface area contributed by atoms with Crippen molar-refractivity contribution in [2.75, 3.05) is 46.3 Å². The average Bonchev–Trinajstić information content (AvgIpc) is 2.55. The maximum Gasteiger partial charge on any atom is 0.191 e. The van der Waals surface area contributed by atoms with E-state index in [9.17, 15) is 5.11 Å². The van der Waals surface area contributed by atoms with Gasteiger partial charge in [-0.05, 0) is 46.6 Å². The number of nitrogens with one attached hydrogen (secondary N) is 2. The Morgan fingerprint density at radius 3 is 2.43 bits per heavy atom. The van der Waals surface area contributed by atoms with Gasteiger partial charge in [0.15, 0.2) is 5.96 Å². The zero-order chi connectivity index (χ0) is 16.7. The van der Waals surface area contributed by atoms with Crippen molar-refractivity contribution in [1.82, 2.24) is 20.4 Å². The van der Waals surface area contributed by atoms with E-state index < -0.39 is 0 Å². The number of piperazine rings is 1. The second kappa shape index (κ2) is 9.45. The summed E-state index contributed by atoms with van der Waals surface area (Å²) in [6.45, 7) is 10.7. The van der Waals surface area contributed by atoms with Gasteiger partial charge in [0.05, 0.1) is 12.6 Å². The topological polar surface area (TPSA) is 63.1 Å². The van der Waals surface area contributed by atoms with E-state index in [1.807, 2.05) is 0 Å². The van der Waals surface area contributed by atoms with Crippen molar-refractivity contribution < 1.29 is 5.11 Å². The van der Waals surface area contributed by atoms with Crippen molar-refractivity contribution in [3.63, 3.8) is 0 Å². The minimum atomic E-state index is -0.107. The normalized spacial score (nSPS) is 29.3. The molecule has 0 spiro atoms. The number of aliphatic hydroxyl groups excluding tert-OH is 1. The van der Waals surface area contributed by atoms with Crippen LogP contribution in [0.1, 0.15) is 39.5 Å². The molecule has 3 N–H and O–H groups in total. The van der Waals surface area contributed by atoms with Crippen LogP contribution in [0.3, 0.4) is 0 Å². The average molecular weight is 326 g/mol. The zero-order valence-electron chi connectivity index (χ0n) is 15.1. The lowest BCUT2D eigenvalue weighted by Gasteiger charge is -2.36. The lowest BCUT2D eigenvalue weighted by molar-refractivity contribution is 0.119. The highest BCUT2D eigenvalue weighted by atomic mass is 16.3. The first kappa shape index (κ1) is 18.5. The van der Waals surface area contributed by atoms with Gasteiger partial charge in [0.25, 0.3) is 0 Å². The summed E-state index contributed by atoms with van der Waals surface area (Å²) in [7, 11) is 2.19. The molecule has 0 aromatic rings. The summed E-state index contributed by atoms with van der Waals surface area (Å²) in [5.41, 5.74) is 0. The van der Waals surface area contributed by atoms with Gasteiger partial charge in [-0.3, -0.25) is 9.89 Å². The van der Waals surface area contributed by atoms with Gasteiger partial charge in [0.1, 0.15) is 0 Å². The first-order valence-corrected chi connectivity index (χ1v) is 9.24. The van der Waals surface area contributed by atoms with Crippen molar-refractivity contribution in [1.29, 1.82) is 0 Å². The highest BCUT2D eigenvalue weighted by Gasteiger charge is 2.21. The monoisotopic (exact) mass is 325 g/mol. The van der Waals surface area contributed by atoms with E-state index in [-0.39, 0.29) is 6.10 Å². The van der Waals surface area contributed by atoms with Crippen LogP contribution in [0.15, 0.2) is 4.99 Å².